The summed E-state index contributed by atoms with van der Waals surface area (Å²) >= 11 is 0. The van der Waals surface area contributed by atoms with Gasteiger partial charge in [0.05, 0.1) is 0 Å². The molecule has 104 valence electrons. The minimum atomic E-state index is 0.850. The first-order valence-corrected chi connectivity index (χ1v) is 7.47. The van der Waals surface area contributed by atoms with Crippen LogP contribution in [0.15, 0.2) is 24.3 Å². The van der Waals surface area contributed by atoms with Crippen LogP contribution in [-0.2, 0) is 11.2 Å². The molecule has 0 aromatic heterocycles. The molecule has 1 heteroatoms. The van der Waals surface area contributed by atoms with Gasteiger partial charge in [-0.15, -0.1) is 0 Å². The van der Waals surface area contributed by atoms with Crippen LogP contribution in [0, 0.1) is 6.92 Å². The Labute approximate surface area is 114 Å². The predicted molar refractivity (Wildman–Crippen MR) is 81.2 cm³/mol. The van der Waals surface area contributed by atoms with E-state index in [1.165, 1.54) is 43.2 Å². The van der Waals surface area contributed by atoms with E-state index in [4.69, 9.17) is 4.74 Å². The number of aryl methyl sites for hydroxylation is 2. The number of unbranched alkanes of at least 4 members (excludes halogenated alkanes) is 3. The summed E-state index contributed by atoms with van der Waals surface area (Å²) in [4.78, 5) is 0. The highest BCUT2D eigenvalue weighted by Crippen LogP contribution is 2.12. The zero-order valence-corrected chi connectivity index (χ0v) is 12.7. The average molecular weight is 250 g/mol. The predicted octanol–water partition coefficient (Wildman–Crippen LogP) is 5.16. The van der Waals surface area contributed by atoms with E-state index < -0.39 is 0 Å². The first kappa shape index (κ1) is 17.2. The van der Waals surface area contributed by atoms with Crippen molar-refractivity contribution in [3.8, 4) is 0 Å². The number of hydrogen-bond acceptors (Lipinski definition) is 1. The molecule has 1 rings (SSSR count). The van der Waals surface area contributed by atoms with Crippen molar-refractivity contribution in [1.82, 2.24) is 0 Å². The third kappa shape index (κ3) is 8.30. The fraction of sp³-hybridized carbons (Fsp3) is 0.647. The van der Waals surface area contributed by atoms with Crippen LogP contribution in [-0.4, -0.2) is 13.2 Å². The maximum atomic E-state index is 5.32. The molecule has 0 atom stereocenters. The SMILES string of the molecule is CC.CCOCCCCCCc1ccccc1C. The van der Waals surface area contributed by atoms with Gasteiger partial charge >= 0.3 is 0 Å². The van der Waals surface area contributed by atoms with Crippen molar-refractivity contribution in [2.75, 3.05) is 13.2 Å². The zero-order valence-electron chi connectivity index (χ0n) is 12.7. The van der Waals surface area contributed by atoms with Gasteiger partial charge in [-0.05, 0) is 44.2 Å². The largest absolute Gasteiger partial charge is 0.382 e. The van der Waals surface area contributed by atoms with Crippen molar-refractivity contribution in [1.29, 1.82) is 0 Å². The van der Waals surface area contributed by atoms with Gasteiger partial charge in [-0.25, -0.2) is 0 Å². The highest BCUT2D eigenvalue weighted by molar-refractivity contribution is 5.25. The minimum absolute atomic E-state index is 0.850. The second kappa shape index (κ2) is 12.6. The fourth-order valence-corrected chi connectivity index (χ4v) is 1.91. The summed E-state index contributed by atoms with van der Waals surface area (Å²) in [7, 11) is 0. The number of benzene rings is 1. The molecule has 0 radical (unpaired) electrons. The normalized spacial score (nSPS) is 9.78. The molecule has 0 saturated carbocycles. The van der Waals surface area contributed by atoms with E-state index in [0.29, 0.717) is 0 Å². The van der Waals surface area contributed by atoms with Gasteiger partial charge in [0.15, 0.2) is 0 Å². The summed E-state index contributed by atoms with van der Waals surface area (Å²) in [5.41, 5.74) is 2.93. The number of ether oxygens (including phenoxy) is 1. The first-order chi connectivity index (χ1) is 8.84. The third-order valence-corrected chi connectivity index (χ3v) is 2.95. The molecular weight excluding hydrogens is 220 g/mol. The molecular formula is C17H30O. The topological polar surface area (TPSA) is 9.23 Å². The van der Waals surface area contributed by atoms with Crippen LogP contribution in [0.5, 0.6) is 0 Å². The molecule has 0 fully saturated rings. The van der Waals surface area contributed by atoms with Crippen molar-refractivity contribution >= 4 is 0 Å². The molecule has 0 aliphatic heterocycles. The molecule has 1 aromatic rings. The Morgan fingerprint density at radius 3 is 2.28 bits per heavy atom. The van der Waals surface area contributed by atoms with E-state index >= 15 is 0 Å². The molecule has 0 aliphatic carbocycles. The highest BCUT2D eigenvalue weighted by atomic mass is 16.5. The molecule has 0 N–H and O–H groups in total. The van der Waals surface area contributed by atoms with Crippen LogP contribution in [0.2, 0.25) is 0 Å². The average Bonchev–Trinajstić information content (AvgIpc) is 2.42. The van der Waals surface area contributed by atoms with E-state index in [1.54, 1.807) is 0 Å². The molecule has 0 heterocycles. The van der Waals surface area contributed by atoms with Crippen molar-refractivity contribution in [2.24, 2.45) is 0 Å². The van der Waals surface area contributed by atoms with Crippen molar-refractivity contribution in [2.45, 2.75) is 59.8 Å². The molecule has 0 unspecified atom stereocenters. The second-order valence-corrected chi connectivity index (χ2v) is 4.29. The van der Waals surface area contributed by atoms with E-state index in [-0.39, 0.29) is 0 Å². The summed E-state index contributed by atoms with van der Waals surface area (Å²) in [5.74, 6) is 0. The summed E-state index contributed by atoms with van der Waals surface area (Å²) in [6.07, 6.45) is 6.35. The van der Waals surface area contributed by atoms with Gasteiger partial charge in [-0.2, -0.15) is 0 Å². The Balaban J connectivity index is 0.00000137. The standard InChI is InChI=1S/C15H24O.C2H6/c1-3-16-13-9-5-4-6-11-15-12-8-7-10-14(15)2;1-2/h7-8,10,12H,3-6,9,11,13H2,1-2H3;1-2H3. The first-order valence-electron chi connectivity index (χ1n) is 7.47. The molecule has 0 saturated heterocycles. The van der Waals surface area contributed by atoms with Crippen LogP contribution in [0.25, 0.3) is 0 Å². The molecule has 0 spiro atoms. The monoisotopic (exact) mass is 250 g/mol. The smallest absolute Gasteiger partial charge is 0.0465 e. The van der Waals surface area contributed by atoms with Gasteiger partial charge in [0, 0.05) is 13.2 Å². The fourth-order valence-electron chi connectivity index (χ4n) is 1.91. The zero-order chi connectivity index (χ0) is 13.6. The van der Waals surface area contributed by atoms with E-state index in [2.05, 4.69) is 38.1 Å². The summed E-state index contributed by atoms with van der Waals surface area (Å²) in [5, 5.41) is 0. The van der Waals surface area contributed by atoms with E-state index in [1.807, 2.05) is 13.8 Å². The van der Waals surface area contributed by atoms with Crippen LogP contribution in [0.1, 0.15) is 57.6 Å². The van der Waals surface area contributed by atoms with Gasteiger partial charge in [0.2, 0.25) is 0 Å². The highest BCUT2D eigenvalue weighted by Gasteiger charge is 1.96. The summed E-state index contributed by atoms with van der Waals surface area (Å²) in [6, 6.07) is 8.69. The van der Waals surface area contributed by atoms with Crippen molar-refractivity contribution < 1.29 is 4.74 Å². The van der Waals surface area contributed by atoms with Crippen LogP contribution in [0.3, 0.4) is 0 Å². The Morgan fingerprint density at radius 2 is 1.61 bits per heavy atom. The minimum Gasteiger partial charge on any atom is -0.382 e. The molecule has 18 heavy (non-hydrogen) atoms. The molecule has 0 aliphatic rings. The Morgan fingerprint density at radius 1 is 0.944 bits per heavy atom. The lowest BCUT2D eigenvalue weighted by Crippen LogP contribution is -1.94. The van der Waals surface area contributed by atoms with Crippen LogP contribution >= 0.6 is 0 Å². The third-order valence-electron chi connectivity index (χ3n) is 2.95. The summed E-state index contributed by atoms with van der Waals surface area (Å²) in [6.45, 7) is 10.0. The molecule has 0 bridgehead atoms. The molecule has 0 amide bonds. The Hall–Kier alpha value is -0.820. The lowest BCUT2D eigenvalue weighted by atomic mass is 10.0. The van der Waals surface area contributed by atoms with Crippen molar-refractivity contribution in [3.63, 3.8) is 0 Å². The van der Waals surface area contributed by atoms with Crippen LogP contribution in [0.4, 0.5) is 0 Å². The number of rotatable bonds is 8. The number of hydrogen-bond donors (Lipinski definition) is 0. The maximum Gasteiger partial charge on any atom is 0.0465 e. The van der Waals surface area contributed by atoms with Gasteiger partial charge in [-0.3, -0.25) is 0 Å². The summed E-state index contributed by atoms with van der Waals surface area (Å²) < 4.78 is 5.32. The maximum absolute atomic E-state index is 5.32. The van der Waals surface area contributed by atoms with Gasteiger partial charge in [0.1, 0.15) is 0 Å². The van der Waals surface area contributed by atoms with Gasteiger partial charge < -0.3 is 4.74 Å². The van der Waals surface area contributed by atoms with Crippen molar-refractivity contribution in [3.05, 3.63) is 35.4 Å². The Bertz CT molecular complexity index is 281. The van der Waals surface area contributed by atoms with E-state index in [9.17, 15) is 0 Å². The Kier molecular flexibility index (Phi) is 12.1. The molecule has 1 aromatic carbocycles. The van der Waals surface area contributed by atoms with E-state index in [0.717, 1.165) is 13.2 Å². The lowest BCUT2D eigenvalue weighted by Gasteiger charge is -2.05. The molecule has 1 nitrogen and oxygen atoms in total. The lowest BCUT2D eigenvalue weighted by molar-refractivity contribution is 0.143. The van der Waals surface area contributed by atoms with Crippen LogP contribution < -0.4 is 0 Å². The van der Waals surface area contributed by atoms with Gasteiger partial charge in [0.25, 0.3) is 0 Å². The quantitative estimate of drug-likeness (QED) is 0.579. The van der Waals surface area contributed by atoms with Gasteiger partial charge in [-0.1, -0.05) is 51.0 Å². The second-order valence-electron chi connectivity index (χ2n) is 4.29.